The quantitative estimate of drug-likeness (QED) is 0.813. The minimum Gasteiger partial charge on any atom is -0.315 e. The van der Waals surface area contributed by atoms with Gasteiger partial charge in [0.1, 0.15) is 0 Å². The number of nitrogens with zero attached hydrogens (tertiary/aromatic N) is 2. The summed E-state index contributed by atoms with van der Waals surface area (Å²) in [6.45, 7) is 3.21. The Balaban J connectivity index is 2.13. The van der Waals surface area contributed by atoms with Gasteiger partial charge in [0.15, 0.2) is 0 Å². The largest absolute Gasteiger partial charge is 0.315 e. The third-order valence-corrected chi connectivity index (χ3v) is 4.74. The van der Waals surface area contributed by atoms with Gasteiger partial charge in [0, 0.05) is 19.8 Å². The molecule has 17 heavy (non-hydrogen) atoms. The lowest BCUT2D eigenvalue weighted by Crippen LogP contribution is -2.41. The Morgan fingerprint density at radius 2 is 2.35 bits per heavy atom. The van der Waals surface area contributed by atoms with E-state index in [0.29, 0.717) is 24.3 Å². The first-order valence-corrected chi connectivity index (χ1v) is 7.26. The van der Waals surface area contributed by atoms with Crippen LogP contribution in [0.25, 0.3) is 0 Å². The molecule has 0 aliphatic carbocycles. The zero-order valence-electron chi connectivity index (χ0n) is 10.1. The molecule has 0 spiro atoms. The molecule has 0 aromatic carbocycles. The summed E-state index contributed by atoms with van der Waals surface area (Å²) < 4.78 is 28.5. The van der Waals surface area contributed by atoms with Crippen molar-refractivity contribution in [2.45, 2.75) is 25.0 Å². The Labute approximate surface area is 101 Å². The van der Waals surface area contributed by atoms with Crippen LogP contribution in [0.2, 0.25) is 0 Å². The number of aryl methyl sites for hydroxylation is 2. The summed E-state index contributed by atoms with van der Waals surface area (Å²) in [6, 6.07) is 0. The number of hydrogen-bond donors (Lipinski definition) is 2. The molecule has 0 saturated carbocycles. The highest BCUT2D eigenvalue weighted by molar-refractivity contribution is 7.93. The predicted octanol–water partition coefficient (Wildman–Crippen LogP) is 0.222. The average Bonchev–Trinajstić information content (AvgIpc) is 2.58. The van der Waals surface area contributed by atoms with Crippen molar-refractivity contribution in [2.75, 3.05) is 17.8 Å². The Bertz CT molecular complexity index is 488. The van der Waals surface area contributed by atoms with E-state index in [1.807, 2.05) is 0 Å². The van der Waals surface area contributed by atoms with Crippen LogP contribution in [0, 0.1) is 6.92 Å². The Morgan fingerprint density at radius 1 is 1.59 bits per heavy atom. The SMILES string of the molecule is Cc1nn(C)cc1NS(=O)(=O)C1CCCNC1. The molecule has 2 rings (SSSR count). The van der Waals surface area contributed by atoms with E-state index in [1.54, 1.807) is 24.9 Å². The second-order valence-corrected chi connectivity index (χ2v) is 6.38. The number of sulfonamides is 1. The topological polar surface area (TPSA) is 76.0 Å². The molecule has 1 saturated heterocycles. The smallest absolute Gasteiger partial charge is 0.236 e. The number of nitrogens with one attached hydrogen (secondary N) is 2. The molecule has 0 amide bonds. The maximum Gasteiger partial charge on any atom is 0.236 e. The fourth-order valence-corrected chi connectivity index (χ4v) is 3.51. The molecule has 0 radical (unpaired) electrons. The van der Waals surface area contributed by atoms with Crippen LogP contribution in [-0.2, 0) is 17.1 Å². The third kappa shape index (κ3) is 2.78. The van der Waals surface area contributed by atoms with Gasteiger partial charge in [0.2, 0.25) is 10.0 Å². The summed E-state index contributed by atoms with van der Waals surface area (Å²) in [5.74, 6) is 0. The zero-order valence-corrected chi connectivity index (χ0v) is 10.9. The second kappa shape index (κ2) is 4.66. The van der Waals surface area contributed by atoms with Crippen LogP contribution in [0.15, 0.2) is 6.20 Å². The summed E-state index contributed by atoms with van der Waals surface area (Å²) in [6.07, 6.45) is 3.29. The van der Waals surface area contributed by atoms with Crippen molar-refractivity contribution in [1.82, 2.24) is 15.1 Å². The number of hydrogen-bond acceptors (Lipinski definition) is 4. The molecule has 1 aromatic heterocycles. The number of aromatic nitrogens is 2. The summed E-state index contributed by atoms with van der Waals surface area (Å²) in [5, 5.41) is 6.87. The standard InChI is InChI=1S/C10H18N4O2S/c1-8-10(7-14(2)12-8)13-17(15,16)9-4-3-5-11-6-9/h7,9,11,13H,3-6H2,1-2H3. The summed E-state index contributed by atoms with van der Waals surface area (Å²) in [7, 11) is -1.54. The average molecular weight is 258 g/mol. The van der Waals surface area contributed by atoms with Gasteiger partial charge in [-0.15, -0.1) is 0 Å². The van der Waals surface area contributed by atoms with Crippen molar-refractivity contribution in [3.8, 4) is 0 Å². The van der Waals surface area contributed by atoms with Crippen molar-refractivity contribution >= 4 is 15.7 Å². The van der Waals surface area contributed by atoms with Gasteiger partial charge in [-0.2, -0.15) is 5.10 Å². The van der Waals surface area contributed by atoms with Crippen LogP contribution in [-0.4, -0.2) is 36.5 Å². The van der Waals surface area contributed by atoms with E-state index in [-0.39, 0.29) is 5.25 Å². The first-order chi connectivity index (χ1) is 7.99. The highest BCUT2D eigenvalue weighted by Crippen LogP contribution is 2.18. The predicted molar refractivity (Wildman–Crippen MR) is 66.4 cm³/mol. The van der Waals surface area contributed by atoms with E-state index in [4.69, 9.17) is 0 Å². The van der Waals surface area contributed by atoms with E-state index >= 15 is 0 Å². The number of anilines is 1. The van der Waals surface area contributed by atoms with Gasteiger partial charge < -0.3 is 5.32 Å². The maximum absolute atomic E-state index is 12.1. The van der Waals surface area contributed by atoms with Crippen molar-refractivity contribution in [2.24, 2.45) is 7.05 Å². The molecule has 2 heterocycles. The van der Waals surface area contributed by atoms with Crippen LogP contribution >= 0.6 is 0 Å². The van der Waals surface area contributed by atoms with E-state index in [1.165, 1.54) is 0 Å². The van der Waals surface area contributed by atoms with Crippen LogP contribution in [0.4, 0.5) is 5.69 Å². The van der Waals surface area contributed by atoms with Crippen LogP contribution in [0.1, 0.15) is 18.5 Å². The fourth-order valence-electron chi connectivity index (χ4n) is 2.02. The van der Waals surface area contributed by atoms with Crippen LogP contribution in [0.5, 0.6) is 0 Å². The van der Waals surface area contributed by atoms with Gasteiger partial charge in [-0.1, -0.05) is 0 Å². The third-order valence-electron chi connectivity index (χ3n) is 2.96. The molecule has 0 bridgehead atoms. The van der Waals surface area contributed by atoms with Gasteiger partial charge in [-0.25, -0.2) is 8.42 Å². The van der Waals surface area contributed by atoms with Gasteiger partial charge in [0.25, 0.3) is 0 Å². The van der Waals surface area contributed by atoms with Crippen molar-refractivity contribution in [1.29, 1.82) is 0 Å². The fraction of sp³-hybridized carbons (Fsp3) is 0.700. The normalized spacial score (nSPS) is 21.4. The van der Waals surface area contributed by atoms with E-state index < -0.39 is 10.0 Å². The molecule has 1 fully saturated rings. The number of rotatable bonds is 3. The zero-order chi connectivity index (χ0) is 12.5. The van der Waals surface area contributed by atoms with Crippen molar-refractivity contribution in [3.05, 3.63) is 11.9 Å². The Morgan fingerprint density at radius 3 is 2.88 bits per heavy atom. The van der Waals surface area contributed by atoms with E-state index in [2.05, 4.69) is 15.1 Å². The Kier molecular flexibility index (Phi) is 3.39. The molecular formula is C10H18N4O2S. The lowest BCUT2D eigenvalue weighted by atomic mass is 10.2. The van der Waals surface area contributed by atoms with Crippen LogP contribution < -0.4 is 10.0 Å². The number of piperidine rings is 1. The molecular weight excluding hydrogens is 240 g/mol. The molecule has 6 nitrogen and oxygen atoms in total. The minimum absolute atomic E-state index is 0.351. The summed E-state index contributed by atoms with van der Waals surface area (Å²) in [4.78, 5) is 0. The highest BCUT2D eigenvalue weighted by atomic mass is 32.2. The first-order valence-electron chi connectivity index (χ1n) is 5.71. The molecule has 1 aliphatic rings. The monoisotopic (exact) mass is 258 g/mol. The second-order valence-electron chi connectivity index (χ2n) is 4.42. The summed E-state index contributed by atoms with van der Waals surface area (Å²) in [5.41, 5.74) is 1.26. The molecule has 1 unspecified atom stereocenters. The van der Waals surface area contributed by atoms with Gasteiger partial charge >= 0.3 is 0 Å². The molecule has 7 heteroatoms. The van der Waals surface area contributed by atoms with Crippen molar-refractivity contribution < 1.29 is 8.42 Å². The van der Waals surface area contributed by atoms with E-state index in [0.717, 1.165) is 13.0 Å². The van der Waals surface area contributed by atoms with E-state index in [9.17, 15) is 8.42 Å². The van der Waals surface area contributed by atoms with Gasteiger partial charge in [-0.05, 0) is 26.3 Å². The van der Waals surface area contributed by atoms with Gasteiger partial charge in [-0.3, -0.25) is 9.40 Å². The molecule has 1 aliphatic heterocycles. The lowest BCUT2D eigenvalue weighted by Gasteiger charge is -2.23. The molecule has 1 atom stereocenters. The minimum atomic E-state index is -3.31. The van der Waals surface area contributed by atoms with Crippen LogP contribution in [0.3, 0.4) is 0 Å². The molecule has 1 aromatic rings. The first kappa shape index (κ1) is 12.4. The highest BCUT2D eigenvalue weighted by Gasteiger charge is 2.27. The molecule has 2 N–H and O–H groups in total. The van der Waals surface area contributed by atoms with Crippen molar-refractivity contribution in [3.63, 3.8) is 0 Å². The lowest BCUT2D eigenvalue weighted by molar-refractivity contribution is 0.499. The molecule has 96 valence electrons. The van der Waals surface area contributed by atoms with Gasteiger partial charge in [0.05, 0.1) is 16.6 Å². The summed E-state index contributed by atoms with van der Waals surface area (Å²) >= 11 is 0. The Hall–Kier alpha value is -1.08. The maximum atomic E-state index is 12.1.